The second-order valence-corrected chi connectivity index (χ2v) is 5.62. The molecule has 2 heterocycles. The van der Waals surface area contributed by atoms with Gasteiger partial charge in [0.25, 0.3) is 0 Å². The molecule has 1 fully saturated rings. The predicted molar refractivity (Wildman–Crippen MR) is 58.2 cm³/mol. The first-order valence-electron chi connectivity index (χ1n) is 5.23. The monoisotopic (exact) mass is 245 g/mol. The number of imidazole rings is 1. The van der Waals surface area contributed by atoms with E-state index in [0.717, 1.165) is 12.8 Å². The number of nitrogens with one attached hydrogen (secondary N) is 2. The van der Waals surface area contributed by atoms with E-state index in [1.54, 1.807) is 12.4 Å². The van der Waals surface area contributed by atoms with E-state index in [9.17, 15) is 8.42 Å². The standard InChI is InChI=1S/C9H15N3O3S/c13-16(14,7-8-2-1-5-15-8)12-6-9-10-3-4-11-9/h3-4,8,12H,1-2,5-7H2,(H,10,11). The summed E-state index contributed by atoms with van der Waals surface area (Å²) in [6.45, 7) is 0.862. The molecule has 2 N–H and O–H groups in total. The Morgan fingerprint density at radius 3 is 3.12 bits per heavy atom. The molecule has 1 saturated heterocycles. The van der Waals surface area contributed by atoms with Gasteiger partial charge in [0.15, 0.2) is 0 Å². The van der Waals surface area contributed by atoms with Crippen LogP contribution in [0.3, 0.4) is 0 Å². The molecule has 90 valence electrons. The minimum atomic E-state index is -3.28. The van der Waals surface area contributed by atoms with Crippen LogP contribution in [0.4, 0.5) is 0 Å². The van der Waals surface area contributed by atoms with Crippen molar-refractivity contribution in [3.8, 4) is 0 Å². The van der Waals surface area contributed by atoms with Crippen LogP contribution in [0.2, 0.25) is 0 Å². The van der Waals surface area contributed by atoms with Gasteiger partial charge in [0, 0.05) is 19.0 Å². The summed E-state index contributed by atoms with van der Waals surface area (Å²) < 4.78 is 31.1. The summed E-state index contributed by atoms with van der Waals surface area (Å²) in [4.78, 5) is 6.77. The van der Waals surface area contributed by atoms with Crippen LogP contribution in [0.15, 0.2) is 12.4 Å². The number of aromatic nitrogens is 2. The van der Waals surface area contributed by atoms with E-state index < -0.39 is 10.0 Å². The van der Waals surface area contributed by atoms with Gasteiger partial charge in [0.05, 0.1) is 18.4 Å². The number of sulfonamides is 1. The van der Waals surface area contributed by atoms with Gasteiger partial charge < -0.3 is 9.72 Å². The van der Waals surface area contributed by atoms with Crippen LogP contribution < -0.4 is 4.72 Å². The maximum absolute atomic E-state index is 11.6. The van der Waals surface area contributed by atoms with Crippen molar-refractivity contribution in [2.24, 2.45) is 0 Å². The van der Waals surface area contributed by atoms with E-state index in [-0.39, 0.29) is 18.4 Å². The largest absolute Gasteiger partial charge is 0.377 e. The van der Waals surface area contributed by atoms with Crippen molar-refractivity contribution >= 4 is 10.0 Å². The number of aromatic amines is 1. The van der Waals surface area contributed by atoms with Crippen molar-refractivity contribution in [1.82, 2.24) is 14.7 Å². The van der Waals surface area contributed by atoms with E-state index in [2.05, 4.69) is 14.7 Å². The van der Waals surface area contributed by atoms with Crippen molar-refractivity contribution in [3.05, 3.63) is 18.2 Å². The fraction of sp³-hybridized carbons (Fsp3) is 0.667. The Labute approximate surface area is 94.5 Å². The highest BCUT2D eigenvalue weighted by Gasteiger charge is 2.23. The molecular weight excluding hydrogens is 230 g/mol. The highest BCUT2D eigenvalue weighted by atomic mass is 32.2. The molecular formula is C9H15N3O3S. The summed E-state index contributed by atoms with van der Waals surface area (Å²) in [7, 11) is -3.28. The lowest BCUT2D eigenvalue weighted by Gasteiger charge is -2.10. The normalized spacial score (nSPS) is 21.4. The molecule has 0 radical (unpaired) electrons. The number of H-pyrrole nitrogens is 1. The average molecular weight is 245 g/mol. The van der Waals surface area contributed by atoms with Crippen LogP contribution in [0.1, 0.15) is 18.7 Å². The minimum Gasteiger partial charge on any atom is -0.377 e. The zero-order chi connectivity index (χ0) is 11.4. The third-order valence-electron chi connectivity index (χ3n) is 2.44. The minimum absolute atomic E-state index is 0.0354. The molecule has 1 aliphatic rings. The van der Waals surface area contributed by atoms with Crippen molar-refractivity contribution in [2.75, 3.05) is 12.4 Å². The van der Waals surface area contributed by atoms with Gasteiger partial charge in [0.2, 0.25) is 10.0 Å². The van der Waals surface area contributed by atoms with Crippen molar-refractivity contribution in [2.45, 2.75) is 25.5 Å². The molecule has 1 atom stereocenters. The first-order valence-corrected chi connectivity index (χ1v) is 6.88. The molecule has 1 aromatic rings. The molecule has 2 rings (SSSR count). The summed E-state index contributed by atoms with van der Waals surface area (Å²) in [5.74, 6) is 0.643. The van der Waals surface area contributed by atoms with Gasteiger partial charge in [-0.15, -0.1) is 0 Å². The predicted octanol–water partition coefficient (Wildman–Crippen LogP) is 0.00810. The summed E-state index contributed by atoms with van der Waals surface area (Å²) in [6.07, 6.45) is 4.85. The first kappa shape index (κ1) is 11.6. The maximum atomic E-state index is 11.6. The van der Waals surface area contributed by atoms with E-state index in [1.165, 1.54) is 0 Å². The lowest BCUT2D eigenvalue weighted by atomic mass is 10.3. The molecule has 1 unspecified atom stereocenters. The lowest BCUT2D eigenvalue weighted by molar-refractivity contribution is 0.127. The van der Waals surface area contributed by atoms with Crippen LogP contribution in [0.5, 0.6) is 0 Å². The zero-order valence-corrected chi connectivity index (χ0v) is 9.66. The van der Waals surface area contributed by atoms with E-state index >= 15 is 0 Å². The van der Waals surface area contributed by atoms with Gasteiger partial charge in [-0.05, 0) is 12.8 Å². The molecule has 0 amide bonds. The Hall–Kier alpha value is -0.920. The number of hydrogen-bond acceptors (Lipinski definition) is 4. The van der Waals surface area contributed by atoms with Gasteiger partial charge in [-0.25, -0.2) is 18.1 Å². The molecule has 1 aliphatic heterocycles. The lowest BCUT2D eigenvalue weighted by Crippen LogP contribution is -2.31. The molecule has 16 heavy (non-hydrogen) atoms. The van der Waals surface area contributed by atoms with E-state index in [1.807, 2.05) is 0 Å². The van der Waals surface area contributed by atoms with Gasteiger partial charge in [-0.1, -0.05) is 0 Å². The average Bonchev–Trinajstić information content (AvgIpc) is 2.85. The Morgan fingerprint density at radius 2 is 2.50 bits per heavy atom. The molecule has 0 spiro atoms. The van der Waals surface area contributed by atoms with Crippen LogP contribution in [0.25, 0.3) is 0 Å². The number of hydrogen-bond donors (Lipinski definition) is 2. The van der Waals surface area contributed by atoms with Crippen molar-refractivity contribution in [1.29, 1.82) is 0 Å². The number of nitrogens with zero attached hydrogens (tertiary/aromatic N) is 1. The van der Waals surface area contributed by atoms with Crippen molar-refractivity contribution in [3.63, 3.8) is 0 Å². The smallest absolute Gasteiger partial charge is 0.214 e. The van der Waals surface area contributed by atoms with Crippen LogP contribution in [0, 0.1) is 0 Å². The Kier molecular flexibility index (Phi) is 3.57. The SMILES string of the molecule is O=S(=O)(CC1CCCO1)NCc1ncc[nH]1. The second kappa shape index (κ2) is 4.94. The molecule has 7 heteroatoms. The molecule has 0 bridgehead atoms. The number of ether oxygens (including phenoxy) is 1. The summed E-state index contributed by atoms with van der Waals surface area (Å²) in [5.41, 5.74) is 0. The fourth-order valence-electron chi connectivity index (χ4n) is 1.65. The van der Waals surface area contributed by atoms with Gasteiger partial charge in [-0.2, -0.15) is 0 Å². The van der Waals surface area contributed by atoms with Crippen LogP contribution in [-0.4, -0.2) is 36.8 Å². The highest BCUT2D eigenvalue weighted by Crippen LogP contribution is 2.13. The third kappa shape index (κ3) is 3.29. The van der Waals surface area contributed by atoms with Gasteiger partial charge in [0.1, 0.15) is 5.82 Å². The van der Waals surface area contributed by atoms with Gasteiger partial charge >= 0.3 is 0 Å². The summed E-state index contributed by atoms with van der Waals surface area (Å²) >= 11 is 0. The van der Waals surface area contributed by atoms with Crippen LogP contribution >= 0.6 is 0 Å². The molecule has 0 aromatic carbocycles. The molecule has 0 saturated carbocycles. The molecule has 6 nitrogen and oxygen atoms in total. The fourth-order valence-corrected chi connectivity index (χ4v) is 2.88. The Bertz CT molecular complexity index is 409. The summed E-state index contributed by atoms with van der Waals surface area (Å²) in [6, 6.07) is 0. The Morgan fingerprint density at radius 1 is 1.62 bits per heavy atom. The second-order valence-electron chi connectivity index (χ2n) is 3.77. The quantitative estimate of drug-likeness (QED) is 0.765. The van der Waals surface area contributed by atoms with E-state index in [0.29, 0.717) is 12.4 Å². The number of rotatable bonds is 5. The van der Waals surface area contributed by atoms with Crippen molar-refractivity contribution < 1.29 is 13.2 Å². The molecule has 1 aromatic heterocycles. The zero-order valence-electron chi connectivity index (χ0n) is 8.85. The van der Waals surface area contributed by atoms with Gasteiger partial charge in [-0.3, -0.25) is 0 Å². The van der Waals surface area contributed by atoms with Crippen LogP contribution in [-0.2, 0) is 21.3 Å². The maximum Gasteiger partial charge on any atom is 0.214 e. The highest BCUT2D eigenvalue weighted by molar-refractivity contribution is 7.89. The van der Waals surface area contributed by atoms with E-state index in [4.69, 9.17) is 4.74 Å². The first-order chi connectivity index (χ1) is 7.66. The topological polar surface area (TPSA) is 84.1 Å². The molecule has 0 aliphatic carbocycles. The summed E-state index contributed by atoms with van der Waals surface area (Å²) in [5, 5.41) is 0. The Balaban J connectivity index is 1.82. The third-order valence-corrected chi connectivity index (χ3v) is 3.84.